The molecule has 0 heterocycles. The van der Waals surface area contributed by atoms with E-state index >= 15 is 0 Å². The first-order valence-electron chi connectivity index (χ1n) is 12.0. The van der Waals surface area contributed by atoms with Crippen molar-refractivity contribution in [3.8, 4) is 0 Å². The minimum atomic E-state index is -4.26. The minimum absolute atomic E-state index is 0. The van der Waals surface area contributed by atoms with Gasteiger partial charge in [-0.2, -0.15) is 0 Å². The van der Waals surface area contributed by atoms with E-state index in [0.717, 1.165) is 38.5 Å². The van der Waals surface area contributed by atoms with Gasteiger partial charge in [0.15, 0.2) is 0 Å². The van der Waals surface area contributed by atoms with E-state index < -0.39 is 21.5 Å². The number of aliphatic hydroxyl groups excluding tert-OH is 1. The van der Waals surface area contributed by atoms with Gasteiger partial charge >= 0.3 is 51.4 Å². The van der Waals surface area contributed by atoms with Crippen LogP contribution in [0, 0.1) is 0 Å². The molecular formula is C23H47KO4S. The van der Waals surface area contributed by atoms with Gasteiger partial charge in [0.1, 0.15) is 0 Å². The molecule has 0 aliphatic rings. The van der Waals surface area contributed by atoms with E-state index in [9.17, 15) is 18.1 Å². The van der Waals surface area contributed by atoms with Gasteiger partial charge in [0.2, 0.25) is 0 Å². The first-order valence-corrected chi connectivity index (χ1v) is 13.5. The SMILES string of the molecule is CCCCCCCCCCC(O)CCC(CCCCCCCCC)S(=O)(=O)[O-].[K+]. The molecule has 0 spiro atoms. The standard InChI is InChI=1S/C23H48O4S.K/c1-3-5-7-9-11-13-14-16-18-22(24)20-21-23(28(25,26)27)19-17-15-12-10-8-6-4-2;/h22-24H,3-21H2,1-2H3,(H,25,26,27);/q;+1/p-1. The quantitative estimate of drug-likeness (QED) is 0.162. The van der Waals surface area contributed by atoms with Gasteiger partial charge in [0.05, 0.1) is 16.2 Å². The Labute approximate surface area is 224 Å². The zero-order chi connectivity index (χ0) is 21.1. The van der Waals surface area contributed by atoms with Crippen molar-refractivity contribution < 1.29 is 69.5 Å². The summed E-state index contributed by atoms with van der Waals surface area (Å²) in [4.78, 5) is 0. The monoisotopic (exact) mass is 458 g/mol. The molecule has 0 aliphatic heterocycles. The van der Waals surface area contributed by atoms with E-state index in [4.69, 9.17) is 0 Å². The van der Waals surface area contributed by atoms with E-state index in [2.05, 4.69) is 13.8 Å². The largest absolute Gasteiger partial charge is 1.00 e. The fourth-order valence-electron chi connectivity index (χ4n) is 3.80. The van der Waals surface area contributed by atoms with Gasteiger partial charge in [-0.25, -0.2) is 8.42 Å². The van der Waals surface area contributed by atoms with Crippen LogP contribution < -0.4 is 51.4 Å². The Morgan fingerprint density at radius 1 is 0.621 bits per heavy atom. The number of aliphatic hydroxyl groups is 1. The number of unbranched alkanes of at least 4 members (excludes halogenated alkanes) is 13. The van der Waals surface area contributed by atoms with Crippen molar-refractivity contribution in [3.63, 3.8) is 0 Å². The van der Waals surface area contributed by atoms with Crippen LogP contribution in [0.25, 0.3) is 0 Å². The predicted octanol–water partition coefficient (Wildman–Crippen LogP) is 3.72. The molecule has 0 aromatic carbocycles. The van der Waals surface area contributed by atoms with Gasteiger partial charge in [0.25, 0.3) is 0 Å². The van der Waals surface area contributed by atoms with E-state index in [1.165, 1.54) is 64.2 Å². The Kier molecular flexibility index (Phi) is 25.6. The Bertz CT molecular complexity index is 429. The Morgan fingerprint density at radius 3 is 1.41 bits per heavy atom. The first-order chi connectivity index (χ1) is 13.4. The van der Waals surface area contributed by atoms with Crippen molar-refractivity contribution >= 4 is 10.1 Å². The van der Waals surface area contributed by atoms with Crippen LogP contribution in [-0.2, 0) is 10.1 Å². The third-order valence-electron chi connectivity index (χ3n) is 5.75. The Hall–Kier alpha value is 1.51. The van der Waals surface area contributed by atoms with Crippen molar-refractivity contribution in [2.24, 2.45) is 0 Å². The van der Waals surface area contributed by atoms with Crippen molar-refractivity contribution in [3.05, 3.63) is 0 Å². The summed E-state index contributed by atoms with van der Waals surface area (Å²) >= 11 is 0. The molecule has 0 bridgehead atoms. The average Bonchev–Trinajstić information content (AvgIpc) is 2.64. The first kappa shape index (κ1) is 32.7. The summed E-state index contributed by atoms with van der Waals surface area (Å²) in [6.07, 6.45) is 19.1. The molecular weight excluding hydrogens is 411 g/mol. The van der Waals surface area contributed by atoms with Gasteiger partial charge in [-0.15, -0.1) is 0 Å². The van der Waals surface area contributed by atoms with E-state index in [1.807, 2.05) is 0 Å². The minimum Gasteiger partial charge on any atom is -0.748 e. The smallest absolute Gasteiger partial charge is 0.748 e. The maximum Gasteiger partial charge on any atom is 1.00 e. The molecule has 170 valence electrons. The summed E-state index contributed by atoms with van der Waals surface area (Å²) in [5, 5.41) is 9.31. The zero-order valence-electron chi connectivity index (χ0n) is 19.7. The summed E-state index contributed by atoms with van der Waals surface area (Å²) in [5.74, 6) is 0. The maximum atomic E-state index is 11.5. The third kappa shape index (κ3) is 22.5. The van der Waals surface area contributed by atoms with E-state index in [0.29, 0.717) is 19.3 Å². The average molecular weight is 459 g/mol. The summed E-state index contributed by atoms with van der Waals surface area (Å²) < 4.78 is 34.6. The predicted molar refractivity (Wildman–Crippen MR) is 119 cm³/mol. The summed E-state index contributed by atoms with van der Waals surface area (Å²) in [6, 6.07) is 0. The number of hydrogen-bond donors (Lipinski definition) is 1. The normalized spacial score (nSPS) is 13.8. The van der Waals surface area contributed by atoms with Crippen molar-refractivity contribution in [2.45, 2.75) is 147 Å². The molecule has 2 unspecified atom stereocenters. The molecule has 0 amide bonds. The topological polar surface area (TPSA) is 77.4 Å². The third-order valence-corrected chi connectivity index (χ3v) is 7.04. The molecule has 0 fully saturated rings. The second-order valence-corrected chi connectivity index (χ2v) is 10.2. The molecule has 29 heavy (non-hydrogen) atoms. The molecule has 0 aromatic rings. The fourth-order valence-corrected chi connectivity index (χ4v) is 4.68. The van der Waals surface area contributed by atoms with Crippen molar-refractivity contribution in [1.82, 2.24) is 0 Å². The molecule has 1 N–H and O–H groups in total. The second-order valence-electron chi connectivity index (χ2n) is 8.52. The molecule has 0 saturated carbocycles. The van der Waals surface area contributed by atoms with Crippen LogP contribution in [0.3, 0.4) is 0 Å². The van der Waals surface area contributed by atoms with Gasteiger partial charge in [-0.1, -0.05) is 110 Å². The summed E-state index contributed by atoms with van der Waals surface area (Å²) in [6.45, 7) is 4.41. The molecule has 0 radical (unpaired) electrons. The fraction of sp³-hybridized carbons (Fsp3) is 1.00. The molecule has 2 atom stereocenters. The van der Waals surface area contributed by atoms with E-state index in [1.54, 1.807) is 0 Å². The van der Waals surface area contributed by atoms with Crippen LogP contribution in [0.4, 0.5) is 0 Å². The van der Waals surface area contributed by atoms with Crippen molar-refractivity contribution in [1.29, 1.82) is 0 Å². The molecule has 0 aromatic heterocycles. The van der Waals surface area contributed by atoms with Crippen LogP contribution in [0.1, 0.15) is 136 Å². The molecule has 0 saturated heterocycles. The molecule has 0 aliphatic carbocycles. The van der Waals surface area contributed by atoms with Crippen LogP contribution in [0.15, 0.2) is 0 Å². The summed E-state index contributed by atoms with van der Waals surface area (Å²) in [7, 11) is -4.26. The maximum absolute atomic E-state index is 11.5. The zero-order valence-corrected chi connectivity index (χ0v) is 23.6. The number of hydrogen-bond acceptors (Lipinski definition) is 4. The summed E-state index contributed by atoms with van der Waals surface area (Å²) in [5.41, 5.74) is 0. The van der Waals surface area contributed by atoms with Crippen LogP contribution >= 0.6 is 0 Å². The van der Waals surface area contributed by atoms with Crippen LogP contribution in [0.5, 0.6) is 0 Å². The van der Waals surface area contributed by atoms with E-state index in [-0.39, 0.29) is 51.4 Å². The Morgan fingerprint density at radius 2 is 1.00 bits per heavy atom. The Balaban J connectivity index is 0. The van der Waals surface area contributed by atoms with Crippen molar-refractivity contribution in [2.75, 3.05) is 0 Å². The van der Waals surface area contributed by atoms with Gasteiger partial charge in [-0.3, -0.25) is 0 Å². The number of rotatable bonds is 21. The van der Waals surface area contributed by atoms with Crippen LogP contribution in [-0.4, -0.2) is 29.4 Å². The van der Waals surface area contributed by atoms with Gasteiger partial charge in [0, 0.05) is 5.25 Å². The second kappa shape index (κ2) is 22.7. The van der Waals surface area contributed by atoms with Gasteiger partial charge < -0.3 is 9.66 Å². The van der Waals surface area contributed by atoms with Crippen LogP contribution in [0.2, 0.25) is 0 Å². The molecule has 4 nitrogen and oxygen atoms in total. The molecule has 0 rings (SSSR count). The molecule has 6 heteroatoms. The van der Waals surface area contributed by atoms with Gasteiger partial charge in [-0.05, 0) is 25.7 Å².